The first-order valence-electron chi connectivity index (χ1n) is 9.18. The van der Waals surface area contributed by atoms with Gasteiger partial charge < -0.3 is 15.3 Å². The molecule has 2 aromatic rings. The van der Waals surface area contributed by atoms with E-state index in [-0.39, 0.29) is 19.5 Å². The highest BCUT2D eigenvalue weighted by Gasteiger charge is 2.40. The van der Waals surface area contributed by atoms with Crippen LogP contribution in [0, 0.1) is 12.8 Å². The third kappa shape index (κ3) is 4.84. The quantitative estimate of drug-likeness (QED) is 0.710. The van der Waals surface area contributed by atoms with Crippen molar-refractivity contribution in [3.63, 3.8) is 0 Å². The minimum absolute atomic E-state index is 0.0400. The van der Waals surface area contributed by atoms with E-state index in [2.05, 4.69) is 10.3 Å². The van der Waals surface area contributed by atoms with Crippen molar-refractivity contribution < 1.29 is 24.3 Å². The highest BCUT2D eigenvalue weighted by molar-refractivity contribution is 6.19. The van der Waals surface area contributed by atoms with Gasteiger partial charge in [0.2, 0.25) is 11.8 Å². The summed E-state index contributed by atoms with van der Waals surface area (Å²) in [6, 6.07) is 11.8. The van der Waals surface area contributed by atoms with Crippen LogP contribution < -0.4 is 5.32 Å². The van der Waals surface area contributed by atoms with E-state index in [9.17, 15) is 19.2 Å². The van der Waals surface area contributed by atoms with Crippen LogP contribution in [0.5, 0.6) is 0 Å². The lowest BCUT2D eigenvalue weighted by Crippen LogP contribution is -2.52. The number of carbonyl (C=O) groups is 4. The highest BCUT2D eigenvalue weighted by Crippen LogP contribution is 2.21. The maximum atomic E-state index is 12.6. The number of aryl methyl sites for hydroxylation is 1. The molecule has 8 nitrogen and oxygen atoms in total. The van der Waals surface area contributed by atoms with E-state index >= 15 is 0 Å². The average molecular weight is 395 g/mol. The number of hydrogen-bond acceptors (Lipinski definition) is 5. The van der Waals surface area contributed by atoms with Crippen LogP contribution in [-0.2, 0) is 25.7 Å². The molecule has 0 bridgehead atoms. The molecule has 8 heteroatoms. The molecule has 1 unspecified atom stereocenters. The van der Waals surface area contributed by atoms with Crippen molar-refractivity contribution in [1.82, 2.24) is 15.2 Å². The number of hydrogen-bond donors (Lipinski definition) is 2. The Hall–Kier alpha value is -3.55. The number of rotatable bonds is 6. The molecule has 29 heavy (non-hydrogen) atoms. The summed E-state index contributed by atoms with van der Waals surface area (Å²) in [6.07, 6.45) is 1.76. The molecule has 1 aliphatic rings. The monoisotopic (exact) mass is 395 g/mol. The van der Waals surface area contributed by atoms with Gasteiger partial charge in [0.1, 0.15) is 6.54 Å². The lowest BCUT2D eigenvalue weighted by atomic mass is 9.94. The number of benzene rings is 1. The number of likely N-dealkylation sites (tertiary alicyclic amines) is 1. The third-order valence-corrected chi connectivity index (χ3v) is 4.75. The van der Waals surface area contributed by atoms with Crippen LogP contribution in [0.1, 0.15) is 17.7 Å². The summed E-state index contributed by atoms with van der Waals surface area (Å²) in [5, 5.41) is 10.8. The van der Waals surface area contributed by atoms with Gasteiger partial charge >= 0.3 is 5.97 Å². The zero-order valence-corrected chi connectivity index (χ0v) is 15.9. The fourth-order valence-corrected chi connectivity index (χ4v) is 3.13. The Bertz CT molecular complexity index is 938. The molecule has 150 valence electrons. The summed E-state index contributed by atoms with van der Waals surface area (Å²) in [4.78, 5) is 53.1. The molecule has 1 aromatic carbocycles. The van der Waals surface area contributed by atoms with Gasteiger partial charge in [-0.25, -0.2) is 0 Å². The summed E-state index contributed by atoms with van der Waals surface area (Å²) >= 11 is 0. The number of aliphatic carboxylic acids is 1. The molecule has 2 amide bonds. The van der Waals surface area contributed by atoms with Gasteiger partial charge in [0.05, 0.1) is 12.2 Å². The zero-order valence-electron chi connectivity index (χ0n) is 15.9. The molecule has 3 rings (SSSR count). The van der Waals surface area contributed by atoms with Gasteiger partial charge in [-0.15, -0.1) is 0 Å². The Kier molecular flexibility index (Phi) is 6.01. The Balaban J connectivity index is 1.68. The zero-order chi connectivity index (χ0) is 21.0. The van der Waals surface area contributed by atoms with Gasteiger partial charge in [0.15, 0.2) is 11.7 Å². The van der Waals surface area contributed by atoms with Gasteiger partial charge in [-0.05, 0) is 18.6 Å². The molecule has 2 heterocycles. The molecule has 1 atom stereocenters. The number of nitrogens with zero attached hydrogens (tertiary/aromatic N) is 2. The Morgan fingerprint density at radius 3 is 2.45 bits per heavy atom. The number of nitrogens with one attached hydrogen (secondary N) is 1. The molecule has 2 N–H and O–H groups in total. The number of carboxylic acid groups (broad SMARTS) is 1. The van der Waals surface area contributed by atoms with Crippen LogP contribution in [0.4, 0.5) is 0 Å². The fourth-order valence-electron chi connectivity index (χ4n) is 3.13. The van der Waals surface area contributed by atoms with E-state index in [1.807, 2.05) is 37.3 Å². The number of aromatic nitrogens is 1. The number of carbonyl (C=O) groups excluding carboxylic acids is 3. The molecule has 1 aromatic heterocycles. The number of amides is 2. The van der Waals surface area contributed by atoms with E-state index in [0.29, 0.717) is 5.69 Å². The van der Waals surface area contributed by atoms with E-state index in [1.165, 1.54) is 10.5 Å². The number of Topliss-reactive ketones (excluding diaryl/α,β-unsaturated/α-hetero) is 1. The Morgan fingerprint density at radius 2 is 1.83 bits per heavy atom. The van der Waals surface area contributed by atoms with Crippen molar-refractivity contribution in [3.05, 3.63) is 53.9 Å². The fraction of sp³-hybridized carbons (Fsp3) is 0.286. The molecular weight excluding hydrogens is 374 g/mol. The van der Waals surface area contributed by atoms with Gasteiger partial charge in [-0.2, -0.15) is 0 Å². The van der Waals surface area contributed by atoms with Crippen LogP contribution in [0.25, 0.3) is 11.1 Å². The molecule has 0 radical (unpaired) electrons. The average Bonchev–Trinajstić information content (AvgIpc) is 2.70. The maximum absolute atomic E-state index is 12.6. The van der Waals surface area contributed by atoms with Crippen molar-refractivity contribution in [2.75, 3.05) is 13.1 Å². The molecule has 1 fully saturated rings. The van der Waals surface area contributed by atoms with E-state index in [0.717, 1.165) is 11.1 Å². The lowest BCUT2D eigenvalue weighted by molar-refractivity contribution is -0.152. The first kappa shape index (κ1) is 20.2. The smallest absolute Gasteiger partial charge is 0.322 e. The van der Waals surface area contributed by atoms with Crippen molar-refractivity contribution in [3.8, 4) is 11.1 Å². The van der Waals surface area contributed by atoms with Gasteiger partial charge in [-0.1, -0.05) is 35.9 Å². The van der Waals surface area contributed by atoms with Crippen LogP contribution >= 0.6 is 0 Å². The molecule has 1 aliphatic heterocycles. The van der Waals surface area contributed by atoms with Crippen molar-refractivity contribution in [2.24, 2.45) is 5.92 Å². The predicted molar refractivity (Wildman–Crippen MR) is 104 cm³/mol. The normalized spacial score (nSPS) is 16.6. The van der Waals surface area contributed by atoms with Crippen LogP contribution in [0.15, 0.2) is 42.6 Å². The standard InChI is InChI=1S/C21H21N3O5/c1-13-2-4-14(5-3-13)15-6-7-16(22-10-15)12-24-9-8-17(25)19(21(24)29)20(28)23-11-18(26)27/h2-7,10,19H,8-9,11-12H2,1H3,(H,23,28)(H,26,27). The molecular formula is C21H21N3O5. The predicted octanol–water partition coefficient (Wildman–Crippen LogP) is 1.18. The largest absolute Gasteiger partial charge is 0.480 e. The first-order chi connectivity index (χ1) is 13.8. The van der Waals surface area contributed by atoms with Crippen molar-refractivity contribution >= 4 is 23.6 Å². The molecule has 0 aliphatic carbocycles. The summed E-state index contributed by atoms with van der Waals surface area (Å²) < 4.78 is 0. The topological polar surface area (TPSA) is 117 Å². The van der Waals surface area contributed by atoms with Crippen molar-refractivity contribution in [1.29, 1.82) is 0 Å². The van der Waals surface area contributed by atoms with Crippen LogP contribution in [-0.4, -0.2) is 51.6 Å². The molecule has 1 saturated heterocycles. The molecule has 0 saturated carbocycles. The summed E-state index contributed by atoms with van der Waals surface area (Å²) in [5.74, 6) is -4.76. The van der Waals surface area contributed by atoms with Crippen molar-refractivity contribution in [2.45, 2.75) is 19.9 Å². The summed E-state index contributed by atoms with van der Waals surface area (Å²) in [7, 11) is 0. The van der Waals surface area contributed by atoms with Gasteiger partial charge in [-0.3, -0.25) is 24.2 Å². The van der Waals surface area contributed by atoms with Crippen LogP contribution in [0.3, 0.4) is 0 Å². The summed E-state index contributed by atoms with van der Waals surface area (Å²) in [6.45, 7) is 1.74. The molecule has 0 spiro atoms. The van der Waals surface area contributed by atoms with Gasteiger partial charge in [0, 0.05) is 24.7 Å². The number of pyridine rings is 1. The van der Waals surface area contributed by atoms with Gasteiger partial charge in [0.25, 0.3) is 0 Å². The van der Waals surface area contributed by atoms with E-state index < -0.39 is 36.0 Å². The van der Waals surface area contributed by atoms with E-state index in [4.69, 9.17) is 5.11 Å². The number of carboxylic acids is 1. The maximum Gasteiger partial charge on any atom is 0.322 e. The second kappa shape index (κ2) is 8.64. The second-order valence-electron chi connectivity index (χ2n) is 6.92. The van der Waals surface area contributed by atoms with Crippen LogP contribution in [0.2, 0.25) is 0 Å². The number of ketones is 1. The Labute approximate surface area is 167 Å². The minimum atomic E-state index is -1.50. The Morgan fingerprint density at radius 1 is 1.14 bits per heavy atom. The summed E-state index contributed by atoms with van der Waals surface area (Å²) in [5.41, 5.74) is 3.77. The lowest BCUT2D eigenvalue weighted by Gasteiger charge is -2.30. The SMILES string of the molecule is Cc1ccc(-c2ccc(CN3CCC(=O)C(C(=O)NCC(=O)O)C3=O)nc2)cc1. The third-order valence-electron chi connectivity index (χ3n) is 4.75. The first-order valence-corrected chi connectivity index (χ1v) is 9.18. The number of piperidine rings is 1. The highest BCUT2D eigenvalue weighted by atomic mass is 16.4. The van der Waals surface area contributed by atoms with E-state index in [1.54, 1.807) is 12.3 Å². The minimum Gasteiger partial charge on any atom is -0.480 e. The second-order valence-corrected chi connectivity index (χ2v) is 6.92.